The molecule has 202 valence electrons. The molecule has 1 unspecified atom stereocenters. The lowest BCUT2D eigenvalue weighted by Gasteiger charge is -2.32. The van der Waals surface area contributed by atoms with Crippen LogP contribution in [-0.4, -0.2) is 31.2 Å². The molecule has 2 aromatic carbocycles. The van der Waals surface area contributed by atoms with Crippen LogP contribution >= 0.6 is 0 Å². The van der Waals surface area contributed by atoms with Gasteiger partial charge in [0.25, 0.3) is 0 Å². The summed E-state index contributed by atoms with van der Waals surface area (Å²) in [5.74, 6) is 0.807. The van der Waals surface area contributed by atoms with E-state index in [1.54, 1.807) is 0 Å². The smallest absolute Gasteiger partial charge is 0.465 e. The maximum Gasteiger partial charge on any atom is 0.498 e. The second-order valence-corrected chi connectivity index (χ2v) is 14.0. The van der Waals surface area contributed by atoms with Crippen molar-refractivity contribution in [3.8, 4) is 16.9 Å². The highest BCUT2D eigenvalue weighted by Gasteiger charge is 2.53. The molecule has 37 heavy (non-hydrogen) atoms. The summed E-state index contributed by atoms with van der Waals surface area (Å²) in [6, 6.07) is 11.4. The minimum atomic E-state index is -0.518. The van der Waals surface area contributed by atoms with Gasteiger partial charge in [0.1, 0.15) is 5.75 Å². The summed E-state index contributed by atoms with van der Waals surface area (Å²) >= 11 is 0. The molecule has 0 saturated carbocycles. The molecule has 4 rings (SSSR count). The van der Waals surface area contributed by atoms with Crippen LogP contribution in [0.5, 0.6) is 5.75 Å². The zero-order valence-corrected chi connectivity index (χ0v) is 25.0. The number of hydrogen-bond donors (Lipinski definition) is 0. The molecule has 0 aliphatic carbocycles. The van der Waals surface area contributed by atoms with Crippen LogP contribution in [0.1, 0.15) is 105 Å². The summed E-state index contributed by atoms with van der Waals surface area (Å²) in [5.41, 5.74) is 6.08. The van der Waals surface area contributed by atoms with E-state index in [0.717, 1.165) is 53.8 Å². The lowest BCUT2D eigenvalue weighted by atomic mass is 9.74. The van der Waals surface area contributed by atoms with E-state index in [1.165, 1.54) is 11.1 Å². The lowest BCUT2D eigenvalue weighted by molar-refractivity contribution is -0.105. The predicted octanol–water partition coefficient (Wildman–Crippen LogP) is 7.46. The van der Waals surface area contributed by atoms with Gasteiger partial charge in [0, 0.05) is 17.4 Å². The van der Waals surface area contributed by atoms with Crippen molar-refractivity contribution in [2.45, 2.75) is 124 Å². The molecular weight excluding hydrogens is 459 g/mol. The van der Waals surface area contributed by atoms with E-state index in [1.807, 2.05) is 0 Å². The summed E-state index contributed by atoms with van der Waals surface area (Å²) in [7, 11) is -0.518. The molecule has 0 bridgehead atoms. The fourth-order valence-corrected chi connectivity index (χ4v) is 4.88. The monoisotopic (exact) mass is 506 g/mol. The maximum atomic E-state index is 6.74. The number of hydrogen-bond acceptors (Lipinski definition) is 4. The first kappa shape index (κ1) is 28.2. The van der Waals surface area contributed by atoms with Crippen LogP contribution < -0.4 is 10.2 Å². The number of ether oxygens (including phenoxy) is 2. The van der Waals surface area contributed by atoms with Gasteiger partial charge in [0.05, 0.1) is 17.8 Å². The lowest BCUT2D eigenvalue weighted by Crippen LogP contribution is -2.41. The molecule has 2 heterocycles. The van der Waals surface area contributed by atoms with E-state index in [2.05, 4.69) is 106 Å². The molecule has 2 fully saturated rings. The van der Waals surface area contributed by atoms with Gasteiger partial charge >= 0.3 is 7.12 Å². The highest BCUT2D eigenvalue weighted by molar-refractivity contribution is 6.63. The molecule has 0 amide bonds. The average molecular weight is 507 g/mol. The van der Waals surface area contributed by atoms with Crippen LogP contribution in [0.3, 0.4) is 0 Å². The molecule has 2 aliphatic rings. The van der Waals surface area contributed by atoms with E-state index in [0.29, 0.717) is 0 Å². The Kier molecular flexibility index (Phi) is 7.42. The van der Waals surface area contributed by atoms with Crippen molar-refractivity contribution in [2.24, 2.45) is 0 Å². The third kappa shape index (κ3) is 5.94. The van der Waals surface area contributed by atoms with Crippen molar-refractivity contribution in [2.75, 3.05) is 6.61 Å². The Morgan fingerprint density at radius 1 is 0.811 bits per heavy atom. The maximum absolute atomic E-state index is 6.74. The topological polar surface area (TPSA) is 36.9 Å². The van der Waals surface area contributed by atoms with Crippen LogP contribution in [0.2, 0.25) is 0 Å². The molecule has 5 heteroatoms. The van der Waals surface area contributed by atoms with Crippen molar-refractivity contribution in [3.63, 3.8) is 0 Å². The van der Waals surface area contributed by atoms with E-state index < -0.39 is 18.3 Å². The van der Waals surface area contributed by atoms with E-state index in [9.17, 15) is 0 Å². The average Bonchev–Trinajstić information content (AvgIpc) is 3.00. The zero-order chi connectivity index (χ0) is 27.4. The molecule has 4 nitrogen and oxygen atoms in total. The fourth-order valence-electron chi connectivity index (χ4n) is 4.88. The Hall–Kier alpha value is -1.82. The van der Waals surface area contributed by atoms with Gasteiger partial charge in [-0.15, -0.1) is 0 Å². The third-order valence-electron chi connectivity index (χ3n) is 8.13. The minimum Gasteiger partial charge on any atom is -0.465 e. The van der Waals surface area contributed by atoms with Gasteiger partial charge in [-0.25, -0.2) is 0 Å². The van der Waals surface area contributed by atoms with E-state index >= 15 is 0 Å². The summed E-state index contributed by atoms with van der Waals surface area (Å²) in [6.45, 7) is 24.9. The van der Waals surface area contributed by atoms with Gasteiger partial charge in [-0.3, -0.25) is 0 Å². The molecule has 2 aromatic rings. The molecule has 1 atom stereocenters. The number of aryl methyl sites for hydroxylation is 1. The van der Waals surface area contributed by atoms with Crippen LogP contribution in [0, 0.1) is 6.92 Å². The van der Waals surface area contributed by atoms with Gasteiger partial charge in [-0.05, 0) is 81.0 Å². The molecular formula is C32H47BO4. The van der Waals surface area contributed by atoms with Crippen LogP contribution in [0.15, 0.2) is 30.3 Å². The first-order valence-corrected chi connectivity index (χ1v) is 13.9. The van der Waals surface area contributed by atoms with Gasteiger partial charge in [0.15, 0.2) is 6.29 Å². The standard InChI is InChI=1S/C32H47BO4/c1-21-16-25(22-18-23(29(2,3)4)20-24(19-22)30(5,6)7)28(35-27-14-12-13-15-34-27)26(17-21)33-36-31(8,9)32(10,11)37-33/h16-20,27H,12-15H2,1-11H3. The predicted molar refractivity (Wildman–Crippen MR) is 154 cm³/mol. The Morgan fingerprint density at radius 2 is 1.38 bits per heavy atom. The normalized spacial score (nSPS) is 21.8. The second kappa shape index (κ2) is 9.74. The summed E-state index contributed by atoms with van der Waals surface area (Å²) in [4.78, 5) is 0. The quantitative estimate of drug-likeness (QED) is 0.404. The SMILES string of the molecule is Cc1cc(B2OC(C)(C)C(C)(C)O2)c(OC2CCCCO2)c(-c2cc(C(C)(C)C)cc(C(C)(C)C)c2)c1. The summed E-state index contributed by atoms with van der Waals surface area (Å²) in [5, 5.41) is 0. The molecule has 0 N–H and O–H groups in total. The van der Waals surface area contributed by atoms with E-state index in [4.69, 9.17) is 18.8 Å². The van der Waals surface area contributed by atoms with Gasteiger partial charge in [0.2, 0.25) is 0 Å². The summed E-state index contributed by atoms with van der Waals surface area (Å²) < 4.78 is 25.9. The fraction of sp³-hybridized carbons (Fsp3) is 0.625. The Morgan fingerprint density at radius 3 is 1.86 bits per heavy atom. The molecule has 0 radical (unpaired) electrons. The zero-order valence-electron chi connectivity index (χ0n) is 25.0. The molecule has 0 aromatic heterocycles. The Labute approximate surface area is 225 Å². The largest absolute Gasteiger partial charge is 0.498 e. The van der Waals surface area contributed by atoms with Gasteiger partial charge in [-0.1, -0.05) is 71.4 Å². The number of benzene rings is 2. The van der Waals surface area contributed by atoms with Crippen LogP contribution in [0.25, 0.3) is 11.1 Å². The highest BCUT2D eigenvalue weighted by atomic mass is 16.7. The Bertz CT molecular complexity index is 1080. The molecule has 2 aliphatic heterocycles. The van der Waals surface area contributed by atoms with Gasteiger partial charge in [-0.2, -0.15) is 0 Å². The van der Waals surface area contributed by atoms with Crippen molar-refractivity contribution in [1.82, 2.24) is 0 Å². The van der Waals surface area contributed by atoms with Crippen LogP contribution in [-0.2, 0) is 24.9 Å². The van der Waals surface area contributed by atoms with Crippen molar-refractivity contribution < 1.29 is 18.8 Å². The number of rotatable bonds is 4. The van der Waals surface area contributed by atoms with Gasteiger partial charge < -0.3 is 18.8 Å². The molecule has 0 spiro atoms. The molecule has 2 saturated heterocycles. The van der Waals surface area contributed by atoms with Crippen molar-refractivity contribution in [1.29, 1.82) is 0 Å². The first-order chi connectivity index (χ1) is 17.0. The minimum absolute atomic E-state index is 0.0158. The van der Waals surface area contributed by atoms with E-state index in [-0.39, 0.29) is 17.1 Å². The summed E-state index contributed by atoms with van der Waals surface area (Å²) in [6.07, 6.45) is 2.79. The highest BCUT2D eigenvalue weighted by Crippen LogP contribution is 2.41. The Balaban J connectivity index is 1.93. The van der Waals surface area contributed by atoms with Crippen molar-refractivity contribution >= 4 is 12.6 Å². The first-order valence-electron chi connectivity index (χ1n) is 13.9. The third-order valence-corrected chi connectivity index (χ3v) is 8.13. The van der Waals surface area contributed by atoms with Crippen molar-refractivity contribution in [3.05, 3.63) is 47.0 Å². The van der Waals surface area contributed by atoms with Crippen LogP contribution in [0.4, 0.5) is 0 Å². The second-order valence-electron chi connectivity index (χ2n) is 14.0.